The first-order valence-electron chi connectivity index (χ1n) is 9.47. The van der Waals surface area contributed by atoms with Crippen LogP contribution < -0.4 is 21.1 Å². The van der Waals surface area contributed by atoms with Crippen molar-refractivity contribution in [1.29, 1.82) is 0 Å². The van der Waals surface area contributed by atoms with E-state index in [4.69, 9.17) is 10.5 Å². The van der Waals surface area contributed by atoms with E-state index in [9.17, 15) is 0 Å². The van der Waals surface area contributed by atoms with Gasteiger partial charge < -0.3 is 21.1 Å². The Morgan fingerprint density at radius 3 is 2.73 bits per heavy atom. The maximum atomic E-state index is 5.99. The zero-order valence-electron chi connectivity index (χ0n) is 16.8. The average molecular weight is 401 g/mol. The number of aromatic nitrogens is 4. The fourth-order valence-corrected chi connectivity index (χ4v) is 3.12. The topological polar surface area (TPSA) is 102 Å². The van der Waals surface area contributed by atoms with Crippen molar-refractivity contribution < 1.29 is 4.74 Å². The molecule has 4 aromatic rings. The van der Waals surface area contributed by atoms with Crippen LogP contribution in [-0.2, 0) is 6.54 Å². The van der Waals surface area contributed by atoms with Crippen molar-refractivity contribution in [2.24, 2.45) is 5.73 Å². The molecule has 3 heterocycles. The number of rotatable bonds is 7. The molecule has 0 saturated heterocycles. The quantitative estimate of drug-likeness (QED) is 0.438. The van der Waals surface area contributed by atoms with Crippen LogP contribution in [-0.4, -0.2) is 33.5 Å². The van der Waals surface area contributed by atoms with Crippen molar-refractivity contribution in [2.45, 2.75) is 6.54 Å². The van der Waals surface area contributed by atoms with Crippen LogP contribution >= 0.6 is 0 Å². The first-order valence-corrected chi connectivity index (χ1v) is 9.47. The van der Waals surface area contributed by atoms with E-state index >= 15 is 0 Å². The summed E-state index contributed by atoms with van der Waals surface area (Å²) in [5.41, 5.74) is 11.2. The Morgan fingerprint density at radius 2 is 1.97 bits per heavy atom. The number of hydrogen-bond acceptors (Lipinski definition) is 7. The van der Waals surface area contributed by atoms with Crippen molar-refractivity contribution in [3.8, 4) is 17.1 Å². The summed E-state index contributed by atoms with van der Waals surface area (Å²) in [5.74, 6) is 1.50. The lowest BCUT2D eigenvalue weighted by atomic mass is 10.1. The molecule has 152 valence electrons. The molecule has 3 aromatic heterocycles. The molecule has 30 heavy (non-hydrogen) atoms. The van der Waals surface area contributed by atoms with Crippen molar-refractivity contribution in [1.82, 2.24) is 24.7 Å². The number of fused-ring (bicyclic) bond motifs is 1. The van der Waals surface area contributed by atoms with Gasteiger partial charge in [-0.15, -0.1) is 0 Å². The standard InChI is InChI=1S/C22H23N7O/c1-24-12-18(23)16-5-3-15(4-6-16)11-25-21-10-19(27-14-28-21)20-13-26-22-9-17(30-2)7-8-29(20)22/h3-10,12-14,24H,11,23H2,1-2H3,(H,25,27,28)/b18-12-. The molecule has 0 aliphatic heterocycles. The highest BCUT2D eigenvalue weighted by Gasteiger charge is 2.09. The van der Waals surface area contributed by atoms with E-state index in [0.717, 1.165) is 39.7 Å². The summed E-state index contributed by atoms with van der Waals surface area (Å²) in [5, 5.41) is 6.28. The molecule has 1 aromatic carbocycles. The minimum absolute atomic E-state index is 0.636. The number of anilines is 1. The van der Waals surface area contributed by atoms with Crippen LogP contribution in [0.4, 0.5) is 5.82 Å². The summed E-state index contributed by atoms with van der Waals surface area (Å²) >= 11 is 0. The highest BCUT2D eigenvalue weighted by Crippen LogP contribution is 2.23. The lowest BCUT2D eigenvalue weighted by Crippen LogP contribution is -2.05. The highest BCUT2D eigenvalue weighted by atomic mass is 16.5. The van der Waals surface area contributed by atoms with Gasteiger partial charge in [0.2, 0.25) is 0 Å². The smallest absolute Gasteiger partial charge is 0.140 e. The second-order valence-electron chi connectivity index (χ2n) is 6.67. The number of ether oxygens (including phenoxy) is 1. The van der Waals surface area contributed by atoms with Gasteiger partial charge in [0, 0.05) is 38.1 Å². The minimum atomic E-state index is 0.636. The fraction of sp³-hybridized carbons (Fsp3) is 0.136. The normalized spacial score (nSPS) is 11.5. The second kappa shape index (κ2) is 8.52. The second-order valence-corrected chi connectivity index (χ2v) is 6.67. The van der Waals surface area contributed by atoms with Crippen molar-refractivity contribution >= 4 is 17.2 Å². The molecule has 0 atom stereocenters. The van der Waals surface area contributed by atoms with Gasteiger partial charge in [-0.05, 0) is 17.2 Å². The number of benzene rings is 1. The number of pyridine rings is 1. The van der Waals surface area contributed by atoms with Crippen LogP contribution in [0.3, 0.4) is 0 Å². The summed E-state index contributed by atoms with van der Waals surface area (Å²) in [4.78, 5) is 13.2. The number of hydrogen-bond donors (Lipinski definition) is 3. The molecule has 0 radical (unpaired) electrons. The summed E-state index contributed by atoms with van der Waals surface area (Å²) in [7, 11) is 3.46. The maximum Gasteiger partial charge on any atom is 0.140 e. The third kappa shape index (κ3) is 4.02. The van der Waals surface area contributed by atoms with Crippen molar-refractivity contribution in [3.05, 3.63) is 78.5 Å². The Morgan fingerprint density at radius 1 is 1.13 bits per heavy atom. The van der Waals surface area contributed by atoms with Crippen molar-refractivity contribution in [2.75, 3.05) is 19.5 Å². The van der Waals surface area contributed by atoms with Crippen LogP contribution in [0.2, 0.25) is 0 Å². The molecular weight excluding hydrogens is 378 g/mol. The molecule has 8 nitrogen and oxygen atoms in total. The SMILES string of the molecule is CN/C=C(\N)c1ccc(CNc2cc(-c3cnc4cc(OC)ccn34)ncn2)cc1. The molecule has 0 amide bonds. The van der Waals surface area contributed by atoms with Crippen molar-refractivity contribution in [3.63, 3.8) is 0 Å². The molecule has 0 saturated carbocycles. The van der Waals surface area contributed by atoms with Gasteiger partial charge in [0.05, 0.1) is 30.4 Å². The van der Waals surface area contributed by atoms with E-state index in [1.54, 1.807) is 25.8 Å². The molecule has 4 rings (SSSR count). The van der Waals surface area contributed by atoms with Gasteiger partial charge in [-0.2, -0.15) is 0 Å². The number of nitrogens with two attached hydrogens (primary N) is 1. The molecule has 0 spiro atoms. The Kier molecular flexibility index (Phi) is 5.47. The van der Waals surface area contributed by atoms with E-state index < -0.39 is 0 Å². The summed E-state index contributed by atoms with van der Waals surface area (Å²) in [6.45, 7) is 0.636. The molecule has 4 N–H and O–H groups in total. The summed E-state index contributed by atoms with van der Waals surface area (Å²) in [6, 6.07) is 13.8. The Balaban J connectivity index is 1.50. The molecule has 0 aliphatic carbocycles. The lowest BCUT2D eigenvalue weighted by Gasteiger charge is -2.08. The average Bonchev–Trinajstić information content (AvgIpc) is 3.21. The molecule has 0 unspecified atom stereocenters. The third-order valence-corrected chi connectivity index (χ3v) is 4.71. The van der Waals surface area contributed by atoms with E-state index in [2.05, 4.69) is 25.6 Å². The zero-order valence-corrected chi connectivity index (χ0v) is 16.8. The molecule has 0 aliphatic rings. The maximum absolute atomic E-state index is 5.99. The van der Waals surface area contributed by atoms with Gasteiger partial charge in [-0.25, -0.2) is 15.0 Å². The summed E-state index contributed by atoms with van der Waals surface area (Å²) in [6.07, 6.45) is 7.03. The van der Waals surface area contributed by atoms with Gasteiger partial charge >= 0.3 is 0 Å². The predicted molar refractivity (Wildman–Crippen MR) is 118 cm³/mol. The first-order chi connectivity index (χ1) is 14.7. The van der Waals surface area contributed by atoms with Crippen LogP contribution in [0.15, 0.2) is 67.4 Å². The van der Waals surface area contributed by atoms with E-state index in [1.807, 2.05) is 60.1 Å². The third-order valence-electron chi connectivity index (χ3n) is 4.71. The number of nitrogens with one attached hydrogen (secondary N) is 2. The highest BCUT2D eigenvalue weighted by molar-refractivity contribution is 5.64. The number of nitrogens with zero attached hydrogens (tertiary/aromatic N) is 4. The molecule has 0 bridgehead atoms. The van der Waals surface area contributed by atoms with Gasteiger partial charge in [0.15, 0.2) is 0 Å². The van der Waals surface area contributed by atoms with Gasteiger partial charge in [0.25, 0.3) is 0 Å². The predicted octanol–water partition coefficient (Wildman–Crippen LogP) is 2.89. The van der Waals surface area contributed by atoms with Crippen LogP contribution in [0.1, 0.15) is 11.1 Å². The van der Waals surface area contributed by atoms with E-state index in [-0.39, 0.29) is 0 Å². The van der Waals surface area contributed by atoms with Crippen LogP contribution in [0.5, 0.6) is 5.75 Å². The molecular formula is C22H23N7O. The van der Waals surface area contributed by atoms with Gasteiger partial charge in [-0.1, -0.05) is 24.3 Å². The van der Waals surface area contributed by atoms with Gasteiger partial charge in [0.1, 0.15) is 23.5 Å². The monoisotopic (exact) mass is 401 g/mol. The Bertz CT molecular complexity index is 1180. The number of methoxy groups -OCH3 is 1. The zero-order chi connectivity index (χ0) is 20.9. The number of imidazole rings is 1. The lowest BCUT2D eigenvalue weighted by molar-refractivity contribution is 0.414. The largest absolute Gasteiger partial charge is 0.497 e. The van der Waals surface area contributed by atoms with E-state index in [0.29, 0.717) is 12.2 Å². The Labute approximate surface area is 174 Å². The van der Waals surface area contributed by atoms with Crippen LogP contribution in [0.25, 0.3) is 22.7 Å². The molecule has 0 fully saturated rings. The van der Waals surface area contributed by atoms with Gasteiger partial charge in [-0.3, -0.25) is 4.40 Å². The molecule has 8 heteroatoms. The minimum Gasteiger partial charge on any atom is -0.497 e. The van der Waals surface area contributed by atoms with E-state index in [1.165, 1.54) is 0 Å². The summed E-state index contributed by atoms with van der Waals surface area (Å²) < 4.78 is 7.23. The first kappa shape index (κ1) is 19.3. The Hall–Kier alpha value is -4.07. The fourth-order valence-electron chi connectivity index (χ4n) is 3.12. The van der Waals surface area contributed by atoms with Crippen LogP contribution in [0, 0.1) is 0 Å².